The van der Waals surface area contributed by atoms with E-state index in [0.717, 1.165) is 44.3 Å². The van der Waals surface area contributed by atoms with Crippen molar-refractivity contribution in [1.29, 1.82) is 0 Å². The zero-order valence-corrected chi connectivity index (χ0v) is 18.7. The largest absolute Gasteiger partial charge is 0.370 e. The number of rotatable bonds is 9. The summed E-state index contributed by atoms with van der Waals surface area (Å²) in [5, 5.41) is 9.17. The molecule has 2 amide bonds. The standard InChI is InChI=1S/C19H29N5O4S2/c20-16(25)7-9-23-18(13-5-6-13)21-22-19(23)29-11-17(26)24(14-3-1-2-4-14)15-8-10-30(27,28)12-15/h13-15H,1-12H2,(H2,20,25). The number of hydrogen-bond acceptors (Lipinski definition) is 7. The minimum Gasteiger partial charge on any atom is -0.370 e. The highest BCUT2D eigenvalue weighted by atomic mass is 32.2. The summed E-state index contributed by atoms with van der Waals surface area (Å²) in [4.78, 5) is 26.3. The van der Waals surface area contributed by atoms with Crippen molar-refractivity contribution in [1.82, 2.24) is 19.7 Å². The fraction of sp³-hybridized carbons (Fsp3) is 0.789. The molecule has 1 aromatic heterocycles. The number of aromatic nitrogens is 3. The fourth-order valence-electron chi connectivity index (χ4n) is 4.57. The van der Waals surface area contributed by atoms with Crippen LogP contribution < -0.4 is 5.73 Å². The van der Waals surface area contributed by atoms with Crippen LogP contribution in [0.1, 0.15) is 63.1 Å². The van der Waals surface area contributed by atoms with Gasteiger partial charge in [-0.1, -0.05) is 24.6 Å². The summed E-state index contributed by atoms with van der Waals surface area (Å²) in [7, 11) is -3.06. The molecule has 3 fully saturated rings. The quantitative estimate of drug-likeness (QED) is 0.552. The van der Waals surface area contributed by atoms with Crippen LogP contribution in [0, 0.1) is 0 Å². The minimum atomic E-state index is -3.06. The van der Waals surface area contributed by atoms with E-state index >= 15 is 0 Å². The normalized spacial score (nSPS) is 23.7. The smallest absolute Gasteiger partial charge is 0.233 e. The summed E-state index contributed by atoms with van der Waals surface area (Å²) in [6.07, 6.45) is 6.87. The lowest BCUT2D eigenvalue weighted by Gasteiger charge is -2.34. The molecule has 4 rings (SSSR count). The van der Waals surface area contributed by atoms with E-state index in [9.17, 15) is 18.0 Å². The second-order valence-corrected chi connectivity index (χ2v) is 11.7. The van der Waals surface area contributed by atoms with Crippen molar-refractivity contribution in [2.75, 3.05) is 17.3 Å². The molecule has 166 valence electrons. The number of carbonyl (C=O) groups is 2. The summed E-state index contributed by atoms with van der Waals surface area (Å²) in [5.41, 5.74) is 5.31. The number of amides is 2. The molecule has 2 saturated carbocycles. The van der Waals surface area contributed by atoms with Crippen molar-refractivity contribution >= 4 is 33.4 Å². The third kappa shape index (κ3) is 4.99. The fourth-order valence-corrected chi connectivity index (χ4v) is 7.12. The molecule has 1 unspecified atom stereocenters. The predicted octanol–water partition coefficient (Wildman–Crippen LogP) is 1.08. The summed E-state index contributed by atoms with van der Waals surface area (Å²) in [5.74, 6) is 1.23. The first kappa shape index (κ1) is 21.6. The molecule has 0 radical (unpaired) electrons. The van der Waals surface area contributed by atoms with Crippen molar-refractivity contribution in [3.05, 3.63) is 5.82 Å². The molecular weight excluding hydrogens is 426 g/mol. The van der Waals surface area contributed by atoms with Crippen molar-refractivity contribution < 1.29 is 18.0 Å². The van der Waals surface area contributed by atoms with Crippen molar-refractivity contribution in [3.63, 3.8) is 0 Å². The second-order valence-electron chi connectivity index (χ2n) is 8.57. The third-order valence-electron chi connectivity index (χ3n) is 6.20. The Morgan fingerprint density at radius 3 is 2.43 bits per heavy atom. The van der Waals surface area contributed by atoms with Crippen LogP contribution in [0.4, 0.5) is 0 Å². The Hall–Kier alpha value is -1.62. The van der Waals surface area contributed by atoms with Gasteiger partial charge in [-0.15, -0.1) is 10.2 Å². The Morgan fingerprint density at radius 2 is 1.83 bits per heavy atom. The molecule has 9 nitrogen and oxygen atoms in total. The summed E-state index contributed by atoms with van der Waals surface area (Å²) >= 11 is 1.32. The number of thioether (sulfide) groups is 1. The van der Waals surface area contributed by atoms with Gasteiger partial charge in [-0.05, 0) is 32.1 Å². The molecule has 1 saturated heterocycles. The van der Waals surface area contributed by atoms with E-state index in [1.165, 1.54) is 11.8 Å². The lowest BCUT2D eigenvalue weighted by Crippen LogP contribution is -2.47. The van der Waals surface area contributed by atoms with E-state index in [1.807, 2.05) is 9.47 Å². The third-order valence-corrected chi connectivity index (χ3v) is 8.90. The molecule has 2 heterocycles. The van der Waals surface area contributed by atoms with Gasteiger partial charge < -0.3 is 15.2 Å². The maximum atomic E-state index is 13.2. The average Bonchev–Trinajstić information content (AvgIpc) is 3.08. The average molecular weight is 456 g/mol. The van der Waals surface area contributed by atoms with Crippen molar-refractivity contribution in [2.45, 2.75) is 81.1 Å². The number of primary amides is 1. The van der Waals surface area contributed by atoms with E-state index < -0.39 is 9.84 Å². The van der Waals surface area contributed by atoms with Gasteiger partial charge in [-0.3, -0.25) is 9.59 Å². The number of sulfone groups is 1. The summed E-state index contributed by atoms with van der Waals surface area (Å²) in [6, 6.07) is -0.0906. The highest BCUT2D eigenvalue weighted by Gasteiger charge is 2.39. The number of hydrogen-bond donors (Lipinski definition) is 1. The first-order valence-electron chi connectivity index (χ1n) is 10.7. The van der Waals surface area contributed by atoms with Crippen LogP contribution in [0.15, 0.2) is 5.16 Å². The SMILES string of the molecule is NC(=O)CCn1c(SCC(=O)N(C2CCCC2)C2CCS(=O)(=O)C2)nnc1C1CC1. The maximum absolute atomic E-state index is 13.2. The Kier molecular flexibility index (Phi) is 6.38. The van der Waals surface area contributed by atoms with Crippen molar-refractivity contribution in [2.24, 2.45) is 5.73 Å². The minimum absolute atomic E-state index is 0.0357. The number of nitrogens with two attached hydrogens (primary N) is 1. The van der Waals surface area contributed by atoms with E-state index in [0.29, 0.717) is 24.0 Å². The monoisotopic (exact) mass is 455 g/mol. The van der Waals surface area contributed by atoms with Crippen LogP contribution in [0.3, 0.4) is 0 Å². The Bertz CT molecular complexity index is 906. The predicted molar refractivity (Wildman–Crippen MR) is 113 cm³/mol. The van der Waals surface area contributed by atoms with E-state index in [1.54, 1.807) is 0 Å². The van der Waals surface area contributed by atoms with Crippen LogP contribution in [0.25, 0.3) is 0 Å². The van der Waals surface area contributed by atoms with Crippen LogP contribution in [0.2, 0.25) is 0 Å². The second kappa shape index (κ2) is 8.86. The molecule has 30 heavy (non-hydrogen) atoms. The molecule has 1 atom stereocenters. The molecule has 1 aliphatic heterocycles. The molecule has 11 heteroatoms. The summed E-state index contributed by atoms with van der Waals surface area (Å²) < 4.78 is 25.9. The first-order valence-corrected chi connectivity index (χ1v) is 13.5. The Morgan fingerprint density at radius 1 is 1.10 bits per heavy atom. The van der Waals surface area contributed by atoms with Crippen molar-refractivity contribution in [3.8, 4) is 0 Å². The molecule has 2 aliphatic carbocycles. The molecule has 0 aromatic carbocycles. The number of nitrogens with zero attached hydrogens (tertiary/aromatic N) is 4. The number of carbonyl (C=O) groups excluding carboxylic acids is 2. The van der Waals surface area contributed by atoms with E-state index in [4.69, 9.17) is 5.73 Å². The van der Waals surface area contributed by atoms with Gasteiger partial charge in [-0.25, -0.2) is 8.42 Å². The van der Waals surface area contributed by atoms with Crippen LogP contribution in [-0.2, 0) is 26.0 Å². The lowest BCUT2D eigenvalue weighted by atomic mass is 10.1. The van der Waals surface area contributed by atoms with Crippen LogP contribution in [-0.4, -0.2) is 69.2 Å². The summed E-state index contributed by atoms with van der Waals surface area (Å²) in [6.45, 7) is 0.415. The Balaban J connectivity index is 1.46. The van der Waals surface area contributed by atoms with Crippen LogP contribution in [0.5, 0.6) is 0 Å². The topological polar surface area (TPSA) is 128 Å². The maximum Gasteiger partial charge on any atom is 0.233 e. The molecule has 1 aromatic rings. The van der Waals surface area contributed by atoms with E-state index in [2.05, 4.69) is 10.2 Å². The van der Waals surface area contributed by atoms with E-state index in [-0.39, 0.29) is 47.6 Å². The van der Waals surface area contributed by atoms with Gasteiger partial charge in [0.15, 0.2) is 15.0 Å². The van der Waals surface area contributed by atoms with Gasteiger partial charge in [0.05, 0.1) is 17.3 Å². The van der Waals surface area contributed by atoms with Gasteiger partial charge in [0, 0.05) is 31.0 Å². The molecule has 0 spiro atoms. The van der Waals surface area contributed by atoms with Gasteiger partial charge in [0.25, 0.3) is 0 Å². The zero-order chi connectivity index (χ0) is 21.3. The van der Waals surface area contributed by atoms with Gasteiger partial charge in [0.2, 0.25) is 11.8 Å². The Labute approximate surface area is 181 Å². The van der Waals surface area contributed by atoms with Gasteiger partial charge >= 0.3 is 0 Å². The molecule has 3 aliphatic rings. The lowest BCUT2D eigenvalue weighted by molar-refractivity contribution is -0.132. The molecular formula is C19H29N5O4S2. The van der Waals surface area contributed by atoms with Gasteiger partial charge in [-0.2, -0.15) is 0 Å². The highest BCUT2D eigenvalue weighted by molar-refractivity contribution is 7.99. The highest BCUT2D eigenvalue weighted by Crippen LogP contribution is 2.40. The molecule has 0 bridgehead atoms. The molecule has 2 N–H and O–H groups in total. The van der Waals surface area contributed by atoms with Crippen LogP contribution >= 0.6 is 11.8 Å². The van der Waals surface area contributed by atoms with Gasteiger partial charge in [0.1, 0.15) is 5.82 Å². The zero-order valence-electron chi connectivity index (χ0n) is 17.0. The first-order chi connectivity index (χ1) is 14.3.